The van der Waals surface area contributed by atoms with E-state index >= 15 is 0 Å². The van der Waals surface area contributed by atoms with Crippen LogP contribution in [-0.2, 0) is 9.59 Å². The van der Waals surface area contributed by atoms with Gasteiger partial charge in [-0.3, -0.25) is 9.59 Å². The Morgan fingerprint density at radius 1 is 1.00 bits per heavy atom. The Labute approximate surface area is 181 Å². The highest BCUT2D eigenvalue weighted by Gasteiger charge is 2.35. The number of benzene rings is 2. The van der Waals surface area contributed by atoms with Crippen LogP contribution in [0.4, 0.5) is 11.4 Å². The molecule has 0 spiro atoms. The average molecular weight is 416 g/mol. The lowest BCUT2D eigenvalue weighted by Gasteiger charge is -2.17. The van der Waals surface area contributed by atoms with Gasteiger partial charge in [0.05, 0.1) is 23.0 Å². The van der Waals surface area contributed by atoms with E-state index < -0.39 is 5.92 Å². The average Bonchev–Trinajstić information content (AvgIpc) is 3.14. The van der Waals surface area contributed by atoms with Crippen molar-refractivity contribution in [3.63, 3.8) is 0 Å². The van der Waals surface area contributed by atoms with Crippen molar-refractivity contribution < 1.29 is 14.3 Å². The highest BCUT2D eigenvalue weighted by Crippen LogP contribution is 2.28. The van der Waals surface area contributed by atoms with Crippen molar-refractivity contribution >= 4 is 23.2 Å². The highest BCUT2D eigenvalue weighted by atomic mass is 16.5. The minimum absolute atomic E-state index is 0.0553. The molecule has 1 aliphatic rings. The molecule has 0 bridgehead atoms. The quantitative estimate of drug-likeness (QED) is 0.674. The zero-order valence-corrected chi connectivity index (χ0v) is 17.8. The van der Waals surface area contributed by atoms with Gasteiger partial charge in [0.15, 0.2) is 0 Å². The fourth-order valence-corrected chi connectivity index (χ4v) is 3.59. The number of nitrogens with zero attached hydrogens (tertiary/aromatic N) is 3. The number of hydrogen-bond donors (Lipinski definition) is 1. The molecular weight excluding hydrogens is 392 g/mol. The van der Waals surface area contributed by atoms with Crippen molar-refractivity contribution in [2.75, 3.05) is 16.8 Å². The van der Waals surface area contributed by atoms with E-state index in [0.29, 0.717) is 29.4 Å². The standard InChI is InChI=1S/C24H24N4O3/c1-15-9-11-19(12-10-15)28-14-18(13-21(28)29)23(30)27-22-16(2)25-24(26-17(22)3)31-20-7-5-4-6-8-20/h4-12,18H,13-14H2,1-3H3,(H,27,30). The maximum Gasteiger partial charge on any atom is 0.322 e. The SMILES string of the molecule is Cc1ccc(N2CC(C(=O)Nc3c(C)nc(Oc4ccccc4)nc3C)CC2=O)cc1. The summed E-state index contributed by atoms with van der Waals surface area (Å²) >= 11 is 0. The van der Waals surface area contributed by atoms with Gasteiger partial charge in [-0.2, -0.15) is 9.97 Å². The molecule has 4 rings (SSSR count). The number of hydrogen-bond acceptors (Lipinski definition) is 5. The third-order valence-electron chi connectivity index (χ3n) is 5.29. The summed E-state index contributed by atoms with van der Waals surface area (Å²) in [6, 6.07) is 17.2. The third kappa shape index (κ3) is 4.55. The first-order valence-electron chi connectivity index (χ1n) is 10.2. The first-order chi connectivity index (χ1) is 14.9. The summed E-state index contributed by atoms with van der Waals surface area (Å²) in [5.74, 6) is -0.0682. The number of rotatable bonds is 5. The third-order valence-corrected chi connectivity index (χ3v) is 5.29. The first-order valence-corrected chi connectivity index (χ1v) is 10.2. The lowest BCUT2D eigenvalue weighted by Crippen LogP contribution is -2.28. The molecule has 1 unspecified atom stereocenters. The van der Waals surface area contributed by atoms with Gasteiger partial charge in [0.25, 0.3) is 0 Å². The Morgan fingerprint density at radius 3 is 2.29 bits per heavy atom. The number of aryl methyl sites for hydroxylation is 3. The predicted molar refractivity (Wildman–Crippen MR) is 118 cm³/mol. The van der Waals surface area contributed by atoms with E-state index in [1.165, 1.54) is 0 Å². The van der Waals surface area contributed by atoms with Crippen LogP contribution >= 0.6 is 0 Å². The van der Waals surface area contributed by atoms with Crippen LogP contribution in [-0.4, -0.2) is 28.3 Å². The molecule has 1 fully saturated rings. The van der Waals surface area contributed by atoms with Gasteiger partial charge in [0, 0.05) is 18.7 Å². The van der Waals surface area contributed by atoms with Gasteiger partial charge in [-0.1, -0.05) is 35.9 Å². The predicted octanol–water partition coefficient (Wildman–Crippen LogP) is 4.19. The Bertz CT molecular complexity index is 1090. The van der Waals surface area contributed by atoms with Crippen molar-refractivity contribution in [2.45, 2.75) is 27.2 Å². The molecule has 1 N–H and O–H groups in total. The Balaban J connectivity index is 1.46. The minimum atomic E-state index is -0.437. The Morgan fingerprint density at radius 2 is 1.65 bits per heavy atom. The maximum absolute atomic E-state index is 12.9. The maximum atomic E-state index is 12.9. The summed E-state index contributed by atoms with van der Waals surface area (Å²) in [5, 5.41) is 2.91. The fourth-order valence-electron chi connectivity index (χ4n) is 3.59. The minimum Gasteiger partial charge on any atom is -0.424 e. The molecule has 7 heteroatoms. The largest absolute Gasteiger partial charge is 0.424 e. The lowest BCUT2D eigenvalue weighted by atomic mass is 10.1. The number of carbonyl (C=O) groups is 2. The van der Waals surface area contributed by atoms with E-state index in [1.54, 1.807) is 18.7 Å². The van der Waals surface area contributed by atoms with Crippen LogP contribution in [0.25, 0.3) is 0 Å². The number of ether oxygens (including phenoxy) is 1. The van der Waals surface area contributed by atoms with Gasteiger partial charge in [-0.15, -0.1) is 0 Å². The molecule has 0 radical (unpaired) electrons. The number of amides is 2. The van der Waals surface area contributed by atoms with E-state index in [1.807, 2.05) is 61.5 Å². The van der Waals surface area contributed by atoms with Gasteiger partial charge in [0.1, 0.15) is 5.75 Å². The molecule has 1 aliphatic heterocycles. The smallest absolute Gasteiger partial charge is 0.322 e. The van der Waals surface area contributed by atoms with Crippen LogP contribution in [0.3, 0.4) is 0 Å². The lowest BCUT2D eigenvalue weighted by molar-refractivity contribution is -0.122. The molecule has 2 aromatic carbocycles. The molecule has 0 aliphatic carbocycles. The topological polar surface area (TPSA) is 84.4 Å². The number of carbonyl (C=O) groups excluding carboxylic acids is 2. The second-order valence-corrected chi connectivity index (χ2v) is 7.70. The molecule has 1 aromatic heterocycles. The zero-order valence-electron chi connectivity index (χ0n) is 17.8. The Hall–Kier alpha value is -3.74. The molecule has 158 valence electrons. The molecule has 31 heavy (non-hydrogen) atoms. The van der Waals surface area contributed by atoms with Gasteiger partial charge < -0.3 is 15.0 Å². The summed E-state index contributed by atoms with van der Waals surface area (Å²) in [7, 11) is 0. The highest BCUT2D eigenvalue weighted by molar-refractivity contribution is 6.03. The van der Waals surface area contributed by atoms with Crippen LogP contribution in [0, 0.1) is 26.7 Å². The second-order valence-electron chi connectivity index (χ2n) is 7.70. The van der Waals surface area contributed by atoms with Crippen molar-refractivity contribution in [2.24, 2.45) is 5.92 Å². The molecule has 7 nitrogen and oxygen atoms in total. The van der Waals surface area contributed by atoms with Crippen LogP contribution in [0.1, 0.15) is 23.4 Å². The van der Waals surface area contributed by atoms with Crippen LogP contribution < -0.4 is 15.0 Å². The van der Waals surface area contributed by atoms with Gasteiger partial charge in [-0.25, -0.2) is 0 Å². The molecule has 2 heterocycles. The summed E-state index contributed by atoms with van der Waals surface area (Å²) in [6.07, 6.45) is 0.174. The van der Waals surface area contributed by atoms with E-state index in [0.717, 1.165) is 11.3 Å². The van der Waals surface area contributed by atoms with Crippen LogP contribution in [0.2, 0.25) is 0 Å². The summed E-state index contributed by atoms with van der Waals surface area (Å²) < 4.78 is 5.70. The van der Waals surface area contributed by atoms with Crippen molar-refractivity contribution in [3.8, 4) is 11.8 Å². The summed E-state index contributed by atoms with van der Waals surface area (Å²) in [5.41, 5.74) is 3.68. The summed E-state index contributed by atoms with van der Waals surface area (Å²) in [6.45, 7) is 5.93. The molecule has 1 atom stereocenters. The monoisotopic (exact) mass is 416 g/mol. The van der Waals surface area contributed by atoms with E-state index in [-0.39, 0.29) is 24.2 Å². The van der Waals surface area contributed by atoms with Crippen molar-refractivity contribution in [1.29, 1.82) is 0 Å². The molecule has 2 amide bonds. The zero-order chi connectivity index (χ0) is 22.0. The number of anilines is 2. The molecule has 3 aromatic rings. The van der Waals surface area contributed by atoms with Gasteiger partial charge >= 0.3 is 6.01 Å². The number of para-hydroxylation sites is 1. The Kier molecular flexibility index (Phi) is 5.66. The molecule has 0 saturated carbocycles. The summed E-state index contributed by atoms with van der Waals surface area (Å²) in [4.78, 5) is 35.8. The molecule has 1 saturated heterocycles. The first kappa shape index (κ1) is 20.5. The number of nitrogens with one attached hydrogen (secondary N) is 1. The van der Waals surface area contributed by atoms with E-state index in [4.69, 9.17) is 4.74 Å². The van der Waals surface area contributed by atoms with E-state index in [9.17, 15) is 9.59 Å². The van der Waals surface area contributed by atoms with Crippen LogP contribution in [0.15, 0.2) is 54.6 Å². The van der Waals surface area contributed by atoms with Gasteiger partial charge in [-0.05, 0) is 45.0 Å². The normalized spacial score (nSPS) is 15.8. The van der Waals surface area contributed by atoms with Crippen molar-refractivity contribution in [3.05, 3.63) is 71.5 Å². The van der Waals surface area contributed by atoms with Gasteiger partial charge in [0.2, 0.25) is 11.8 Å². The van der Waals surface area contributed by atoms with Crippen LogP contribution in [0.5, 0.6) is 11.8 Å². The molecular formula is C24H24N4O3. The van der Waals surface area contributed by atoms with E-state index in [2.05, 4.69) is 15.3 Å². The fraction of sp³-hybridized carbons (Fsp3) is 0.250. The second kappa shape index (κ2) is 8.55. The number of aromatic nitrogens is 2. The van der Waals surface area contributed by atoms with Crippen molar-refractivity contribution in [1.82, 2.24) is 9.97 Å².